The minimum absolute atomic E-state index is 0.593. The molecule has 0 spiro atoms. The largest absolute Gasteiger partial charge is 0.398 e. The number of aryl methyl sites for hydroxylation is 1. The highest BCUT2D eigenvalue weighted by Crippen LogP contribution is 2.28. The molecule has 0 fully saturated rings. The van der Waals surface area contributed by atoms with E-state index in [4.69, 9.17) is 10.7 Å². The van der Waals surface area contributed by atoms with Gasteiger partial charge >= 0.3 is 0 Å². The quantitative estimate of drug-likeness (QED) is 0.906. The van der Waals surface area contributed by atoms with Gasteiger partial charge in [0.1, 0.15) is 0 Å². The van der Waals surface area contributed by atoms with Crippen LogP contribution in [-0.4, -0.2) is 4.98 Å². The average Bonchev–Trinajstić information content (AvgIpc) is 2.19. The molecular formula is C14H17BrN2. The summed E-state index contributed by atoms with van der Waals surface area (Å²) in [4.78, 5) is 4.72. The van der Waals surface area contributed by atoms with Gasteiger partial charge in [-0.3, -0.25) is 4.98 Å². The molecule has 1 heterocycles. The van der Waals surface area contributed by atoms with Crippen LogP contribution in [0.4, 0.5) is 5.69 Å². The number of anilines is 1. The normalized spacial score (nSPS) is 11.4. The molecule has 0 radical (unpaired) electrons. The number of nitrogens with two attached hydrogens (primary N) is 1. The summed E-state index contributed by atoms with van der Waals surface area (Å²) in [5, 5.41) is 1.03. The molecule has 0 saturated heterocycles. The van der Waals surface area contributed by atoms with E-state index in [1.807, 2.05) is 12.1 Å². The predicted molar refractivity (Wildman–Crippen MR) is 77.1 cm³/mol. The third-order valence-corrected chi connectivity index (χ3v) is 3.23. The predicted octanol–water partition coefficient (Wildman–Crippen LogP) is 4.09. The van der Waals surface area contributed by atoms with Crippen molar-refractivity contribution in [1.82, 2.24) is 4.98 Å². The van der Waals surface area contributed by atoms with Crippen LogP contribution < -0.4 is 5.73 Å². The van der Waals surface area contributed by atoms with Crippen molar-refractivity contribution in [2.75, 3.05) is 5.73 Å². The zero-order valence-corrected chi connectivity index (χ0v) is 12.0. The number of nitrogens with zero attached hydrogens (tertiary/aromatic N) is 1. The maximum Gasteiger partial charge on any atom is 0.0755 e. The lowest BCUT2D eigenvalue weighted by Gasteiger charge is -2.10. The van der Waals surface area contributed by atoms with Crippen molar-refractivity contribution in [2.24, 2.45) is 5.92 Å². The van der Waals surface area contributed by atoms with Gasteiger partial charge in [-0.15, -0.1) is 0 Å². The summed E-state index contributed by atoms with van der Waals surface area (Å²) < 4.78 is 1.05. The van der Waals surface area contributed by atoms with Gasteiger partial charge in [-0.1, -0.05) is 29.8 Å². The van der Waals surface area contributed by atoms with E-state index in [-0.39, 0.29) is 0 Å². The summed E-state index contributed by atoms with van der Waals surface area (Å²) in [6, 6.07) is 6.10. The highest BCUT2D eigenvalue weighted by atomic mass is 79.9. The number of hydrogen-bond donors (Lipinski definition) is 1. The van der Waals surface area contributed by atoms with E-state index in [0.29, 0.717) is 5.92 Å². The van der Waals surface area contributed by atoms with E-state index in [9.17, 15) is 0 Å². The van der Waals surface area contributed by atoms with Crippen molar-refractivity contribution in [3.8, 4) is 0 Å². The molecule has 0 aliphatic carbocycles. The number of benzene rings is 1. The van der Waals surface area contributed by atoms with Crippen molar-refractivity contribution < 1.29 is 0 Å². The maximum atomic E-state index is 6.11. The summed E-state index contributed by atoms with van der Waals surface area (Å²) >= 11 is 3.49. The van der Waals surface area contributed by atoms with Crippen LogP contribution in [0.15, 0.2) is 22.7 Å². The van der Waals surface area contributed by atoms with Crippen LogP contribution in [0.5, 0.6) is 0 Å². The summed E-state index contributed by atoms with van der Waals surface area (Å²) in [6.07, 6.45) is 0.968. The van der Waals surface area contributed by atoms with E-state index in [1.54, 1.807) is 0 Å². The molecule has 1 aromatic heterocycles. The molecular weight excluding hydrogens is 276 g/mol. The standard InChI is InChI=1S/C14H17BrN2/c1-8(2)4-11-7-13(16)12-6-10(15)5-9(3)14(12)17-11/h5-8H,4H2,1-3H3,(H2,16,17). The van der Waals surface area contributed by atoms with Crippen molar-refractivity contribution >= 4 is 32.5 Å². The number of hydrogen-bond acceptors (Lipinski definition) is 2. The molecule has 0 atom stereocenters. The van der Waals surface area contributed by atoms with Crippen molar-refractivity contribution in [3.63, 3.8) is 0 Å². The lowest BCUT2D eigenvalue weighted by Crippen LogP contribution is -2.01. The summed E-state index contributed by atoms with van der Waals surface area (Å²) in [5.41, 5.74) is 10.2. The number of halogens is 1. The van der Waals surface area contributed by atoms with Crippen LogP contribution in [0.1, 0.15) is 25.1 Å². The molecule has 3 heteroatoms. The van der Waals surface area contributed by atoms with Gasteiger partial charge in [0.2, 0.25) is 0 Å². The molecule has 0 unspecified atom stereocenters. The SMILES string of the molecule is Cc1cc(Br)cc2c(N)cc(CC(C)C)nc12. The fourth-order valence-corrected chi connectivity index (χ4v) is 2.63. The third-order valence-electron chi connectivity index (χ3n) is 2.77. The van der Waals surface area contributed by atoms with Crippen molar-refractivity contribution in [2.45, 2.75) is 27.2 Å². The Morgan fingerprint density at radius 1 is 1.29 bits per heavy atom. The molecule has 0 bridgehead atoms. The Morgan fingerprint density at radius 2 is 2.00 bits per heavy atom. The molecule has 1 aromatic carbocycles. The van der Waals surface area contributed by atoms with Gasteiger partial charge < -0.3 is 5.73 Å². The minimum Gasteiger partial charge on any atom is -0.398 e. The average molecular weight is 293 g/mol. The lowest BCUT2D eigenvalue weighted by atomic mass is 10.0. The molecule has 2 aromatic rings. The molecule has 0 aliphatic rings. The Hall–Kier alpha value is -1.09. The highest BCUT2D eigenvalue weighted by Gasteiger charge is 2.08. The van der Waals surface area contributed by atoms with Crippen molar-refractivity contribution in [3.05, 3.63) is 33.9 Å². The van der Waals surface area contributed by atoms with Gasteiger partial charge in [-0.2, -0.15) is 0 Å². The number of rotatable bonds is 2. The van der Waals surface area contributed by atoms with E-state index >= 15 is 0 Å². The molecule has 0 amide bonds. The van der Waals surface area contributed by atoms with Crippen LogP contribution in [-0.2, 0) is 6.42 Å². The lowest BCUT2D eigenvalue weighted by molar-refractivity contribution is 0.637. The van der Waals surface area contributed by atoms with Gasteiger partial charge in [0.25, 0.3) is 0 Å². The maximum absolute atomic E-state index is 6.11. The van der Waals surface area contributed by atoms with Crippen molar-refractivity contribution in [1.29, 1.82) is 0 Å². The molecule has 90 valence electrons. The number of pyridine rings is 1. The first-order chi connectivity index (χ1) is 7.97. The smallest absolute Gasteiger partial charge is 0.0755 e. The Morgan fingerprint density at radius 3 is 2.65 bits per heavy atom. The van der Waals surface area contributed by atoms with E-state index < -0.39 is 0 Å². The summed E-state index contributed by atoms with van der Waals surface area (Å²) in [6.45, 7) is 6.45. The number of aromatic nitrogens is 1. The van der Waals surface area contributed by atoms with Gasteiger partial charge in [0.15, 0.2) is 0 Å². The minimum atomic E-state index is 0.593. The second-order valence-corrected chi connectivity index (χ2v) is 5.84. The zero-order valence-electron chi connectivity index (χ0n) is 10.4. The Balaban J connectivity index is 2.64. The third kappa shape index (κ3) is 2.60. The van der Waals surface area contributed by atoms with Gasteiger partial charge in [0, 0.05) is 21.2 Å². The van der Waals surface area contributed by atoms with Crippen LogP contribution in [0.25, 0.3) is 10.9 Å². The van der Waals surface area contributed by atoms with E-state index in [1.165, 1.54) is 0 Å². The van der Waals surface area contributed by atoms with Gasteiger partial charge in [0.05, 0.1) is 5.52 Å². The monoisotopic (exact) mass is 292 g/mol. The molecule has 2 N–H and O–H groups in total. The number of nitrogen functional groups attached to an aromatic ring is 1. The van der Waals surface area contributed by atoms with Crippen LogP contribution >= 0.6 is 15.9 Å². The van der Waals surface area contributed by atoms with E-state index in [0.717, 1.165) is 38.7 Å². The van der Waals surface area contributed by atoms with Crippen LogP contribution in [0, 0.1) is 12.8 Å². The zero-order chi connectivity index (χ0) is 12.6. The molecule has 2 rings (SSSR count). The topological polar surface area (TPSA) is 38.9 Å². The van der Waals surface area contributed by atoms with E-state index in [2.05, 4.69) is 42.8 Å². The summed E-state index contributed by atoms with van der Waals surface area (Å²) in [7, 11) is 0. The fraction of sp³-hybridized carbons (Fsp3) is 0.357. The van der Waals surface area contributed by atoms with Gasteiger partial charge in [-0.05, 0) is 43.0 Å². The Kier molecular flexibility index (Phi) is 3.38. The Bertz CT molecular complexity index is 562. The molecule has 0 aliphatic heterocycles. The van der Waals surface area contributed by atoms with Gasteiger partial charge in [-0.25, -0.2) is 0 Å². The second kappa shape index (κ2) is 4.65. The first-order valence-corrected chi connectivity index (χ1v) is 6.62. The molecule has 17 heavy (non-hydrogen) atoms. The fourth-order valence-electron chi connectivity index (χ4n) is 2.06. The molecule has 0 saturated carbocycles. The van der Waals surface area contributed by atoms with Crippen LogP contribution in [0.2, 0.25) is 0 Å². The first kappa shape index (κ1) is 12.4. The van der Waals surface area contributed by atoms with Crippen LogP contribution in [0.3, 0.4) is 0 Å². The first-order valence-electron chi connectivity index (χ1n) is 5.82. The Labute approximate surface area is 110 Å². The highest BCUT2D eigenvalue weighted by molar-refractivity contribution is 9.10. The summed E-state index contributed by atoms with van der Waals surface area (Å²) in [5.74, 6) is 0.593. The second-order valence-electron chi connectivity index (χ2n) is 4.92. The number of fused-ring (bicyclic) bond motifs is 1. The molecule has 2 nitrogen and oxygen atoms in total.